The maximum Gasteiger partial charge on any atom is 0.337 e. The lowest BCUT2D eigenvalue weighted by Gasteiger charge is -2.15. The normalized spacial score (nSPS) is 11.3. The van der Waals surface area contributed by atoms with Gasteiger partial charge < -0.3 is 10.5 Å². The summed E-state index contributed by atoms with van der Waals surface area (Å²) in [6.07, 6.45) is 2.05. The number of halogens is 2. The van der Waals surface area contributed by atoms with Crippen molar-refractivity contribution in [1.29, 1.82) is 5.26 Å². The molecular formula is C20H14F2N8O5S. The van der Waals surface area contributed by atoms with Gasteiger partial charge in [0.15, 0.2) is 22.2 Å². The van der Waals surface area contributed by atoms with Gasteiger partial charge in [0.2, 0.25) is 11.8 Å². The van der Waals surface area contributed by atoms with Crippen molar-refractivity contribution >= 4 is 32.7 Å². The van der Waals surface area contributed by atoms with Crippen LogP contribution in [0.3, 0.4) is 0 Å². The van der Waals surface area contributed by atoms with Crippen molar-refractivity contribution in [3.05, 3.63) is 68.6 Å². The van der Waals surface area contributed by atoms with E-state index >= 15 is 4.39 Å². The zero-order chi connectivity index (χ0) is 26.4. The van der Waals surface area contributed by atoms with E-state index in [-0.39, 0.29) is 27.1 Å². The summed E-state index contributed by atoms with van der Waals surface area (Å²) < 4.78 is 64.1. The van der Waals surface area contributed by atoms with E-state index in [4.69, 9.17) is 15.7 Å². The van der Waals surface area contributed by atoms with Gasteiger partial charge in [0.05, 0.1) is 18.4 Å². The number of methoxy groups -OCH3 is 1. The largest absolute Gasteiger partial charge is 0.480 e. The van der Waals surface area contributed by atoms with Gasteiger partial charge in [-0.2, -0.15) is 10.2 Å². The third kappa shape index (κ3) is 3.86. The Balaban J connectivity index is 1.93. The molecule has 0 fully saturated rings. The molecule has 3 aromatic heterocycles. The standard InChI is InChI=1S/C20H14F2N8O5S/c1-29-16-10(8-26-19(24)27-16)18(31)30(20(29)32)15-11(21)3-4-12(14(15)22)28-36(33,34)13-5-9(6-23)7-25-17(13)35-2/h3-5,7-8,28H,1-2H3,(H2,24,26,27). The van der Waals surface area contributed by atoms with Crippen LogP contribution in [-0.4, -0.2) is 39.6 Å². The van der Waals surface area contributed by atoms with Gasteiger partial charge in [-0.15, -0.1) is 0 Å². The number of nitrogens with one attached hydrogen (secondary N) is 1. The number of hydrogen-bond acceptors (Lipinski definition) is 10. The first kappa shape index (κ1) is 24.2. The van der Waals surface area contributed by atoms with Crippen LogP contribution in [0.5, 0.6) is 5.88 Å². The highest BCUT2D eigenvalue weighted by Gasteiger charge is 2.27. The van der Waals surface area contributed by atoms with Crippen molar-refractivity contribution in [2.45, 2.75) is 4.90 Å². The lowest BCUT2D eigenvalue weighted by molar-refractivity contribution is 0.385. The topological polar surface area (TPSA) is 188 Å². The van der Waals surface area contributed by atoms with E-state index in [1.165, 1.54) is 7.05 Å². The number of rotatable bonds is 5. The second-order valence-electron chi connectivity index (χ2n) is 7.15. The molecule has 36 heavy (non-hydrogen) atoms. The van der Waals surface area contributed by atoms with Crippen LogP contribution in [0.15, 0.2) is 45.1 Å². The Hall–Kier alpha value is -4.91. The zero-order valence-corrected chi connectivity index (χ0v) is 19.2. The number of sulfonamides is 1. The molecule has 4 aromatic rings. The summed E-state index contributed by atoms with van der Waals surface area (Å²) in [5.74, 6) is -3.55. The van der Waals surface area contributed by atoms with Crippen molar-refractivity contribution in [3.8, 4) is 17.6 Å². The van der Waals surface area contributed by atoms with Crippen molar-refractivity contribution in [1.82, 2.24) is 24.1 Å². The van der Waals surface area contributed by atoms with Gasteiger partial charge in [0.25, 0.3) is 15.6 Å². The molecule has 0 aliphatic heterocycles. The van der Waals surface area contributed by atoms with Gasteiger partial charge in [0, 0.05) is 19.4 Å². The van der Waals surface area contributed by atoms with Gasteiger partial charge in [-0.1, -0.05) is 0 Å². The van der Waals surface area contributed by atoms with E-state index < -0.39 is 55.1 Å². The first-order valence-corrected chi connectivity index (χ1v) is 11.2. The Morgan fingerprint density at radius 2 is 1.92 bits per heavy atom. The molecule has 16 heteroatoms. The fraction of sp³-hybridized carbons (Fsp3) is 0.100. The average Bonchev–Trinajstić information content (AvgIpc) is 2.85. The summed E-state index contributed by atoms with van der Waals surface area (Å²) >= 11 is 0. The molecule has 0 atom stereocenters. The van der Waals surface area contributed by atoms with E-state index in [0.717, 1.165) is 36.2 Å². The van der Waals surface area contributed by atoms with Gasteiger partial charge in [0.1, 0.15) is 17.1 Å². The Morgan fingerprint density at radius 3 is 2.58 bits per heavy atom. The summed E-state index contributed by atoms with van der Waals surface area (Å²) in [4.78, 5) is 36.5. The van der Waals surface area contributed by atoms with Crippen LogP contribution < -0.4 is 26.4 Å². The van der Waals surface area contributed by atoms with Crippen LogP contribution >= 0.6 is 0 Å². The number of aryl methyl sites for hydroxylation is 1. The minimum Gasteiger partial charge on any atom is -0.480 e. The number of fused-ring (bicyclic) bond motifs is 1. The van der Waals surface area contributed by atoms with E-state index in [2.05, 4.69) is 15.0 Å². The van der Waals surface area contributed by atoms with E-state index in [1.807, 2.05) is 4.72 Å². The maximum absolute atomic E-state index is 15.5. The number of ether oxygens (including phenoxy) is 1. The molecule has 0 bridgehead atoms. The lowest BCUT2D eigenvalue weighted by atomic mass is 10.2. The summed E-state index contributed by atoms with van der Waals surface area (Å²) in [6.45, 7) is 0. The fourth-order valence-corrected chi connectivity index (χ4v) is 4.51. The van der Waals surface area contributed by atoms with Gasteiger partial charge in [-0.25, -0.2) is 36.5 Å². The zero-order valence-electron chi connectivity index (χ0n) is 18.4. The molecule has 0 radical (unpaired) electrons. The predicted molar refractivity (Wildman–Crippen MR) is 121 cm³/mol. The van der Waals surface area contributed by atoms with Crippen LogP contribution in [0.1, 0.15) is 5.56 Å². The third-order valence-corrected chi connectivity index (χ3v) is 6.34. The van der Waals surface area contributed by atoms with Crippen molar-refractivity contribution in [3.63, 3.8) is 0 Å². The molecule has 184 valence electrons. The highest BCUT2D eigenvalue weighted by atomic mass is 32.2. The Kier molecular flexibility index (Phi) is 5.86. The smallest absolute Gasteiger partial charge is 0.337 e. The monoisotopic (exact) mass is 516 g/mol. The van der Waals surface area contributed by atoms with Crippen LogP contribution in [0.25, 0.3) is 16.7 Å². The number of nitrogen functional groups attached to an aromatic ring is 1. The Morgan fingerprint density at radius 1 is 1.19 bits per heavy atom. The first-order chi connectivity index (χ1) is 17.0. The third-order valence-electron chi connectivity index (χ3n) is 4.98. The second kappa shape index (κ2) is 8.70. The maximum atomic E-state index is 15.5. The molecular weight excluding hydrogens is 502 g/mol. The van der Waals surface area contributed by atoms with Gasteiger partial charge in [-0.3, -0.25) is 14.1 Å². The van der Waals surface area contributed by atoms with E-state index in [9.17, 15) is 22.4 Å². The number of pyridine rings is 1. The molecule has 0 spiro atoms. The molecule has 4 rings (SSSR count). The highest BCUT2D eigenvalue weighted by Crippen LogP contribution is 2.28. The van der Waals surface area contributed by atoms with Crippen molar-refractivity contribution in [2.75, 3.05) is 17.6 Å². The lowest BCUT2D eigenvalue weighted by Crippen LogP contribution is -2.39. The quantitative estimate of drug-likeness (QED) is 0.376. The first-order valence-electron chi connectivity index (χ1n) is 9.69. The summed E-state index contributed by atoms with van der Waals surface area (Å²) in [5, 5.41) is 8.78. The summed E-state index contributed by atoms with van der Waals surface area (Å²) in [5.41, 5.74) is 0.879. The fourth-order valence-electron chi connectivity index (χ4n) is 3.30. The van der Waals surface area contributed by atoms with Gasteiger partial charge in [-0.05, 0) is 18.2 Å². The van der Waals surface area contributed by atoms with Crippen LogP contribution in [-0.2, 0) is 17.1 Å². The summed E-state index contributed by atoms with van der Waals surface area (Å²) in [6, 6.07) is 4.06. The molecule has 13 nitrogen and oxygen atoms in total. The SMILES string of the molecule is COc1ncc(C#N)cc1S(=O)(=O)Nc1ccc(F)c(-n2c(=O)c3cnc(N)nc3n(C)c2=O)c1F. The Bertz CT molecular complexity index is 1830. The minimum absolute atomic E-state index is 0.134. The number of nitrogens with two attached hydrogens (primary N) is 1. The predicted octanol–water partition coefficient (Wildman–Crippen LogP) is 0.416. The van der Waals surface area contributed by atoms with E-state index in [1.54, 1.807) is 6.07 Å². The van der Waals surface area contributed by atoms with Crippen LogP contribution in [0.4, 0.5) is 20.4 Å². The van der Waals surface area contributed by atoms with Gasteiger partial charge >= 0.3 is 5.69 Å². The van der Waals surface area contributed by atoms with Crippen LogP contribution in [0, 0.1) is 23.0 Å². The molecule has 0 saturated heterocycles. The van der Waals surface area contributed by atoms with Crippen molar-refractivity contribution < 1.29 is 21.9 Å². The minimum atomic E-state index is -4.65. The molecule has 0 aliphatic rings. The molecule has 0 unspecified atom stereocenters. The number of nitrogens with zero attached hydrogens (tertiary/aromatic N) is 6. The summed E-state index contributed by atoms with van der Waals surface area (Å²) in [7, 11) is -2.33. The van der Waals surface area contributed by atoms with Crippen molar-refractivity contribution in [2.24, 2.45) is 7.05 Å². The Labute approximate surface area is 200 Å². The number of anilines is 2. The molecule has 1 aromatic carbocycles. The molecule has 3 heterocycles. The van der Waals surface area contributed by atoms with Crippen LogP contribution in [0.2, 0.25) is 0 Å². The molecule has 3 N–H and O–H groups in total. The number of benzene rings is 1. The number of aromatic nitrogens is 5. The molecule has 0 aliphatic carbocycles. The molecule has 0 saturated carbocycles. The number of nitriles is 1. The molecule has 0 amide bonds. The van der Waals surface area contributed by atoms with E-state index in [0.29, 0.717) is 6.07 Å². The second-order valence-corrected chi connectivity index (χ2v) is 8.80. The average molecular weight is 516 g/mol. The highest BCUT2D eigenvalue weighted by molar-refractivity contribution is 7.92. The number of hydrogen-bond donors (Lipinski definition) is 2.